The van der Waals surface area contributed by atoms with Gasteiger partial charge in [0.25, 0.3) is 0 Å². The van der Waals surface area contributed by atoms with Gasteiger partial charge in [0.2, 0.25) is 10.0 Å². The number of benzene rings is 2. The predicted octanol–water partition coefficient (Wildman–Crippen LogP) is 3.13. The first kappa shape index (κ1) is 18.2. The van der Waals surface area contributed by atoms with Crippen LogP contribution in [0, 0.1) is 0 Å². The van der Waals surface area contributed by atoms with Crippen molar-refractivity contribution in [3.63, 3.8) is 0 Å². The van der Waals surface area contributed by atoms with Crippen LogP contribution in [0.15, 0.2) is 59.5 Å². The van der Waals surface area contributed by atoms with Gasteiger partial charge in [-0.05, 0) is 24.8 Å². The van der Waals surface area contributed by atoms with Gasteiger partial charge in [0.1, 0.15) is 5.75 Å². The van der Waals surface area contributed by atoms with E-state index in [2.05, 4.69) is 4.90 Å². The molecule has 0 saturated carbocycles. The van der Waals surface area contributed by atoms with Gasteiger partial charge in [-0.3, -0.25) is 0 Å². The molecule has 0 N–H and O–H groups in total. The van der Waals surface area contributed by atoms with Crippen LogP contribution in [0.3, 0.4) is 0 Å². The fourth-order valence-corrected chi connectivity index (χ4v) is 5.49. The molecule has 1 atom stereocenters. The van der Waals surface area contributed by atoms with Gasteiger partial charge in [0, 0.05) is 31.6 Å². The molecule has 0 radical (unpaired) electrons. The third-order valence-corrected chi connectivity index (χ3v) is 7.24. The number of rotatable bonds is 3. The van der Waals surface area contributed by atoms with Crippen LogP contribution in [0.2, 0.25) is 0 Å². The molecule has 0 aliphatic carbocycles. The molecule has 1 saturated heterocycles. The van der Waals surface area contributed by atoms with Crippen molar-refractivity contribution >= 4 is 16.1 Å². The van der Waals surface area contributed by atoms with Crippen LogP contribution in [0.1, 0.15) is 23.6 Å². The molecule has 142 valence electrons. The van der Waals surface area contributed by atoms with E-state index in [1.165, 1.54) is 0 Å². The third kappa shape index (κ3) is 3.65. The van der Waals surface area contributed by atoms with E-state index >= 15 is 0 Å². The highest BCUT2D eigenvalue weighted by Crippen LogP contribution is 2.34. The lowest BCUT2D eigenvalue weighted by Crippen LogP contribution is -2.49. The van der Waals surface area contributed by atoms with Crippen LogP contribution in [0.25, 0.3) is 6.08 Å². The minimum atomic E-state index is -3.58. The van der Waals surface area contributed by atoms with Gasteiger partial charge in [-0.15, -0.1) is 0 Å². The van der Waals surface area contributed by atoms with E-state index in [1.807, 2.05) is 61.6 Å². The lowest BCUT2D eigenvalue weighted by atomic mass is 10.1. The zero-order valence-electron chi connectivity index (χ0n) is 15.4. The number of para-hydroxylation sites is 1. The molecule has 2 aliphatic heterocycles. The smallest absolute Gasteiger partial charge is 0.240 e. The molecular weight excluding hydrogens is 360 g/mol. The Labute approximate surface area is 160 Å². The summed E-state index contributed by atoms with van der Waals surface area (Å²) in [6.45, 7) is 2.26. The van der Waals surface area contributed by atoms with E-state index in [0.717, 1.165) is 23.4 Å². The van der Waals surface area contributed by atoms with Gasteiger partial charge in [-0.25, -0.2) is 8.42 Å². The molecule has 2 aromatic carbocycles. The molecule has 0 aromatic heterocycles. The van der Waals surface area contributed by atoms with Crippen molar-refractivity contribution in [2.24, 2.45) is 0 Å². The summed E-state index contributed by atoms with van der Waals surface area (Å²) in [5.74, 6) is 0.737. The Kier molecular flexibility index (Phi) is 5.04. The van der Waals surface area contributed by atoms with Crippen molar-refractivity contribution < 1.29 is 13.2 Å². The number of fused-ring (bicyclic) bond motifs is 1. The number of likely N-dealkylation sites (N-methyl/N-ethyl adjacent to an activating group) is 1. The quantitative estimate of drug-likeness (QED) is 0.816. The molecule has 4 rings (SSSR count). The first-order valence-electron chi connectivity index (χ1n) is 9.23. The standard InChI is InChI=1S/C21H24N2O3S/c1-22-12-13-23(20(16-22)17-7-3-2-4-8-17)27(24,25)19-11-14-26-21-10-6-5-9-18(21)15-19/h2-10,15,20H,11-14,16H2,1H3. The van der Waals surface area contributed by atoms with E-state index in [1.54, 1.807) is 10.4 Å². The van der Waals surface area contributed by atoms with Gasteiger partial charge < -0.3 is 9.64 Å². The van der Waals surface area contributed by atoms with Gasteiger partial charge >= 0.3 is 0 Å². The minimum absolute atomic E-state index is 0.185. The number of piperazine rings is 1. The van der Waals surface area contributed by atoms with Crippen molar-refractivity contribution in [3.8, 4) is 5.75 Å². The number of hydrogen-bond acceptors (Lipinski definition) is 4. The maximum atomic E-state index is 13.6. The highest BCUT2D eigenvalue weighted by atomic mass is 32.2. The Balaban J connectivity index is 1.72. The van der Waals surface area contributed by atoms with Crippen LogP contribution in [0.5, 0.6) is 5.75 Å². The second kappa shape index (κ2) is 7.46. The molecule has 2 aliphatic rings. The lowest BCUT2D eigenvalue weighted by molar-refractivity contribution is 0.161. The molecular formula is C21H24N2O3S. The summed E-state index contributed by atoms with van der Waals surface area (Å²) in [6, 6.07) is 17.3. The lowest BCUT2D eigenvalue weighted by Gasteiger charge is -2.39. The Morgan fingerprint density at radius 2 is 1.74 bits per heavy atom. The molecule has 5 nitrogen and oxygen atoms in total. The Bertz CT molecular complexity index is 941. The van der Waals surface area contributed by atoms with Crippen LogP contribution in [-0.4, -0.2) is 50.9 Å². The topological polar surface area (TPSA) is 49.9 Å². The number of sulfonamides is 1. The Morgan fingerprint density at radius 1 is 1.00 bits per heavy atom. The molecule has 1 fully saturated rings. The van der Waals surface area contributed by atoms with Crippen LogP contribution >= 0.6 is 0 Å². The zero-order valence-corrected chi connectivity index (χ0v) is 16.2. The van der Waals surface area contributed by atoms with Crippen LogP contribution < -0.4 is 4.74 Å². The van der Waals surface area contributed by atoms with E-state index in [0.29, 0.717) is 31.0 Å². The fraction of sp³-hybridized carbons (Fsp3) is 0.333. The van der Waals surface area contributed by atoms with Crippen molar-refractivity contribution in [1.82, 2.24) is 9.21 Å². The molecule has 1 unspecified atom stereocenters. The Morgan fingerprint density at radius 3 is 2.56 bits per heavy atom. The highest BCUT2D eigenvalue weighted by Gasteiger charge is 2.37. The summed E-state index contributed by atoms with van der Waals surface area (Å²) in [5, 5.41) is 0. The van der Waals surface area contributed by atoms with Crippen LogP contribution in [0.4, 0.5) is 0 Å². The predicted molar refractivity (Wildman–Crippen MR) is 107 cm³/mol. The van der Waals surface area contributed by atoms with E-state index in [9.17, 15) is 8.42 Å². The average molecular weight is 385 g/mol. The summed E-state index contributed by atoms with van der Waals surface area (Å²) in [7, 11) is -1.55. The largest absolute Gasteiger partial charge is 0.493 e. The summed E-state index contributed by atoms with van der Waals surface area (Å²) in [6.07, 6.45) is 2.16. The van der Waals surface area contributed by atoms with Crippen molar-refractivity contribution in [1.29, 1.82) is 0 Å². The van der Waals surface area contributed by atoms with E-state index in [4.69, 9.17) is 4.74 Å². The van der Waals surface area contributed by atoms with E-state index < -0.39 is 10.0 Å². The van der Waals surface area contributed by atoms with Gasteiger partial charge in [-0.2, -0.15) is 4.31 Å². The normalized spacial score (nSPS) is 21.7. The number of nitrogens with zero attached hydrogens (tertiary/aromatic N) is 2. The molecule has 2 aromatic rings. The SMILES string of the molecule is CN1CCN(S(=O)(=O)C2=Cc3ccccc3OCC2)C(c2ccccc2)C1. The number of ether oxygens (including phenoxy) is 1. The maximum Gasteiger partial charge on any atom is 0.240 e. The van der Waals surface area contributed by atoms with Gasteiger partial charge in [0.15, 0.2) is 0 Å². The summed E-state index contributed by atoms with van der Waals surface area (Å²) < 4.78 is 34.6. The monoisotopic (exact) mass is 384 g/mol. The van der Waals surface area contributed by atoms with Gasteiger partial charge in [0.05, 0.1) is 17.6 Å². The molecule has 6 heteroatoms. The third-order valence-electron chi connectivity index (χ3n) is 5.20. The van der Waals surface area contributed by atoms with Gasteiger partial charge in [-0.1, -0.05) is 48.5 Å². The second-order valence-corrected chi connectivity index (χ2v) is 8.99. The first-order valence-corrected chi connectivity index (χ1v) is 10.7. The summed E-state index contributed by atoms with van der Waals surface area (Å²) >= 11 is 0. The molecule has 0 bridgehead atoms. The zero-order chi connectivity index (χ0) is 18.9. The Hall–Kier alpha value is -2.15. The van der Waals surface area contributed by atoms with Crippen molar-refractivity contribution in [2.75, 3.05) is 33.3 Å². The minimum Gasteiger partial charge on any atom is -0.493 e. The fourth-order valence-electron chi connectivity index (χ4n) is 3.73. The average Bonchev–Trinajstić information content (AvgIpc) is 2.91. The second-order valence-electron chi connectivity index (χ2n) is 7.05. The molecule has 2 heterocycles. The molecule has 27 heavy (non-hydrogen) atoms. The maximum absolute atomic E-state index is 13.6. The van der Waals surface area contributed by atoms with Crippen molar-refractivity contribution in [3.05, 3.63) is 70.6 Å². The first-order chi connectivity index (χ1) is 13.1. The van der Waals surface area contributed by atoms with E-state index in [-0.39, 0.29) is 6.04 Å². The highest BCUT2D eigenvalue weighted by molar-refractivity contribution is 7.93. The summed E-state index contributed by atoms with van der Waals surface area (Å²) in [5.41, 5.74) is 1.84. The van der Waals surface area contributed by atoms with Crippen LogP contribution in [-0.2, 0) is 10.0 Å². The molecule has 0 amide bonds. The number of hydrogen-bond donors (Lipinski definition) is 0. The summed E-state index contributed by atoms with van der Waals surface area (Å²) in [4.78, 5) is 2.61. The molecule has 0 spiro atoms. The van der Waals surface area contributed by atoms with Crippen molar-refractivity contribution in [2.45, 2.75) is 12.5 Å².